The predicted octanol–water partition coefficient (Wildman–Crippen LogP) is 6.70. The van der Waals surface area contributed by atoms with Crippen LogP contribution < -0.4 is 0 Å². The Kier molecular flexibility index (Phi) is 13.5. The molecule has 1 heterocycles. The van der Waals surface area contributed by atoms with Crippen molar-refractivity contribution in [1.29, 1.82) is 0 Å². The first kappa shape index (κ1) is 29.3. The van der Waals surface area contributed by atoms with E-state index in [2.05, 4.69) is 91.2 Å². The van der Waals surface area contributed by atoms with Crippen LogP contribution in [0.15, 0.2) is 0 Å². The van der Waals surface area contributed by atoms with Gasteiger partial charge in [-0.3, -0.25) is 0 Å². The van der Waals surface area contributed by atoms with Gasteiger partial charge in [-0.25, -0.2) is 0 Å². The van der Waals surface area contributed by atoms with Crippen LogP contribution in [0.2, 0.25) is 66.5 Å². The summed E-state index contributed by atoms with van der Waals surface area (Å²) in [5.74, 6) is 0. The van der Waals surface area contributed by atoms with Gasteiger partial charge in [0.1, 0.15) is 0 Å². The Morgan fingerprint density at radius 1 is 0.467 bits per heavy atom. The van der Waals surface area contributed by atoms with Crippen LogP contribution in [0.25, 0.3) is 0 Å². The van der Waals surface area contributed by atoms with Gasteiger partial charge in [0.05, 0.1) is 0 Å². The molecule has 0 N–H and O–H groups in total. The van der Waals surface area contributed by atoms with E-state index in [1.165, 1.54) is 46.9 Å². The predicted molar refractivity (Wildman–Crippen MR) is 153 cm³/mol. The van der Waals surface area contributed by atoms with Gasteiger partial charge in [-0.15, -0.1) is 0 Å². The van der Waals surface area contributed by atoms with Crippen molar-refractivity contribution in [3.05, 3.63) is 0 Å². The molecule has 0 spiro atoms. The Bertz CT molecular complexity index is 614. The van der Waals surface area contributed by atoms with Crippen LogP contribution in [0, 0.1) is 30.1 Å². The first-order valence-electron chi connectivity index (χ1n) is 12.7. The molecular weight excluding hydrogens is 582 g/mol. The van der Waals surface area contributed by atoms with Gasteiger partial charge in [0, 0.05) is 0 Å². The quantitative estimate of drug-likeness (QED) is 0.227. The van der Waals surface area contributed by atoms with Gasteiger partial charge >= 0.3 is 211 Å². The average Bonchev–Trinajstić information content (AvgIpc) is 2.69. The van der Waals surface area contributed by atoms with Crippen molar-refractivity contribution in [3.8, 4) is 30.1 Å². The molecule has 0 amide bonds. The summed E-state index contributed by atoms with van der Waals surface area (Å²) in [6, 6.07) is 0. The molecule has 0 radical (unpaired) electrons. The summed E-state index contributed by atoms with van der Waals surface area (Å²) in [5, 5.41) is 0. The molecule has 0 unspecified atom stereocenters. The number of rotatable bonds is 6. The van der Waals surface area contributed by atoms with Crippen molar-refractivity contribution >= 4 is 72.9 Å². The summed E-state index contributed by atoms with van der Waals surface area (Å²) < 4.78 is 11.9. The van der Waals surface area contributed by atoms with Crippen LogP contribution >= 0.6 is 0 Å². The maximum absolute atomic E-state index is 4.08. The van der Waals surface area contributed by atoms with Crippen molar-refractivity contribution in [2.24, 2.45) is 0 Å². The fourth-order valence-electron chi connectivity index (χ4n) is 5.34. The van der Waals surface area contributed by atoms with Crippen LogP contribution in [-0.2, 0) is 0 Å². The van der Waals surface area contributed by atoms with E-state index in [1.54, 1.807) is 0 Å². The Balaban J connectivity index is 3.37. The van der Waals surface area contributed by atoms with Crippen molar-refractivity contribution < 1.29 is 0 Å². The monoisotopic (exact) mass is 624 g/mol. The second-order valence-electron chi connectivity index (χ2n) is 10.6. The van der Waals surface area contributed by atoms with E-state index in [0.29, 0.717) is 0 Å². The van der Waals surface area contributed by atoms with E-state index in [4.69, 9.17) is 0 Å². The summed E-state index contributed by atoms with van der Waals surface area (Å²) >= 11 is -3.97. The Hall–Kier alpha value is 1.24. The Labute approximate surface area is 209 Å². The van der Waals surface area contributed by atoms with Gasteiger partial charge in [0.25, 0.3) is 0 Å². The first-order chi connectivity index (χ1) is 14.1. The zero-order valence-corrected chi connectivity index (χ0v) is 31.9. The summed E-state index contributed by atoms with van der Waals surface area (Å²) in [7, 11) is -4.62. The fraction of sp³-hybridized carbons (Fsp3) is 0.750. The van der Waals surface area contributed by atoms with Crippen molar-refractivity contribution in [2.75, 3.05) is 0 Å². The van der Waals surface area contributed by atoms with Crippen LogP contribution in [0.5, 0.6) is 0 Å². The average molecular weight is 627 g/mol. The molecule has 1 aliphatic heterocycles. The van der Waals surface area contributed by atoms with Crippen LogP contribution in [0.1, 0.15) is 41.5 Å². The molecule has 1 fully saturated rings. The zero-order chi connectivity index (χ0) is 22.8. The van der Waals surface area contributed by atoms with Gasteiger partial charge in [-0.1, -0.05) is 0 Å². The molecule has 0 aromatic heterocycles. The Morgan fingerprint density at radius 2 is 0.667 bits per heavy atom. The van der Waals surface area contributed by atoms with E-state index >= 15 is 0 Å². The molecule has 0 aliphatic carbocycles. The number of hydrogen-bond acceptors (Lipinski definition) is 0. The van der Waals surface area contributed by atoms with E-state index in [1.807, 2.05) is 0 Å². The fourth-order valence-corrected chi connectivity index (χ4v) is 51.3. The van der Waals surface area contributed by atoms with Crippen LogP contribution in [0.4, 0.5) is 0 Å². The molecule has 6 heteroatoms. The van der Waals surface area contributed by atoms with E-state index < -0.39 is 72.9 Å². The number of hydrogen-bond donors (Lipinski definition) is 0. The van der Waals surface area contributed by atoms with Gasteiger partial charge in [-0.2, -0.15) is 0 Å². The second-order valence-corrected chi connectivity index (χ2v) is 45.8. The minimum atomic E-state index is -1.54. The van der Waals surface area contributed by atoms with Gasteiger partial charge < -0.3 is 0 Å². The third kappa shape index (κ3) is 9.62. The minimum absolute atomic E-state index is 1.32. The third-order valence-corrected chi connectivity index (χ3v) is 45.7. The molecule has 30 heavy (non-hydrogen) atoms. The molecule has 0 atom stereocenters. The van der Waals surface area contributed by atoms with Crippen molar-refractivity contribution in [2.45, 2.75) is 108 Å². The third-order valence-electron chi connectivity index (χ3n) is 7.03. The molecule has 1 saturated heterocycles. The van der Waals surface area contributed by atoms with Gasteiger partial charge in [0.2, 0.25) is 0 Å². The maximum atomic E-state index is 4.08. The normalized spacial score (nSPS) is 27.5. The summed E-state index contributed by atoms with van der Waals surface area (Å²) in [4.78, 5) is 8.30. The summed E-state index contributed by atoms with van der Waals surface area (Å²) in [6.07, 6.45) is 0. The standard InChI is InChI=1S/C12H15Si3.6C2H5.3Ga/c1-7-13(4)10-14(5,8-2)12-15(6,9-3)11-13;6*1-2;;;/h10-12H2,4-6H3;6*1H2,2H3;;;. The van der Waals surface area contributed by atoms with E-state index in [-0.39, 0.29) is 0 Å². The van der Waals surface area contributed by atoms with Crippen molar-refractivity contribution in [1.82, 2.24) is 0 Å². The molecule has 1 rings (SSSR count). The van der Waals surface area contributed by atoms with Crippen LogP contribution in [0.3, 0.4) is 0 Å². The first-order valence-corrected chi connectivity index (χ1v) is 35.3. The molecular formula is C24H45Ga3Si3. The van der Waals surface area contributed by atoms with E-state index in [9.17, 15) is 0 Å². The molecule has 0 saturated carbocycles. The molecule has 0 bridgehead atoms. The van der Waals surface area contributed by atoms with E-state index in [0.717, 1.165) is 0 Å². The SMILES string of the molecule is C[CH2][Ga]([C]#C[Si]1(C)C[Si](C)(C#[C][Ga]([CH2]C)[CH2]C)C[Si](C)(C#[C][Ga]([CH2]C)[CH2]C)C1)[CH2]C. The second kappa shape index (κ2) is 13.8. The molecule has 0 aromatic rings. The van der Waals surface area contributed by atoms with Gasteiger partial charge in [-0.05, 0) is 0 Å². The summed E-state index contributed by atoms with van der Waals surface area (Å²) in [5.41, 5.74) is 16.6. The molecule has 162 valence electrons. The topological polar surface area (TPSA) is 0 Å². The Morgan fingerprint density at radius 3 is 0.833 bits per heavy atom. The molecule has 0 aromatic carbocycles. The van der Waals surface area contributed by atoms with Crippen LogP contribution in [-0.4, -0.2) is 72.9 Å². The van der Waals surface area contributed by atoms with Crippen molar-refractivity contribution in [3.63, 3.8) is 0 Å². The molecule has 0 nitrogen and oxygen atoms in total. The zero-order valence-electron chi connectivity index (χ0n) is 21.6. The molecule has 1 aliphatic rings. The summed E-state index contributed by atoms with van der Waals surface area (Å²) in [6.45, 7) is 22.2. The van der Waals surface area contributed by atoms with Gasteiger partial charge in [0.15, 0.2) is 0 Å².